The first-order valence-electron chi connectivity index (χ1n) is 9.19. The number of benzene rings is 2. The molecule has 0 radical (unpaired) electrons. The van der Waals surface area contributed by atoms with Crippen LogP contribution in [0.4, 0.5) is 0 Å². The molecule has 0 amide bonds. The number of fused-ring (bicyclic) bond motifs is 3. The van der Waals surface area contributed by atoms with Crippen molar-refractivity contribution in [3.05, 3.63) is 56.1 Å². The van der Waals surface area contributed by atoms with Crippen LogP contribution in [-0.2, 0) is 11.2 Å². The van der Waals surface area contributed by atoms with Crippen LogP contribution in [0.3, 0.4) is 0 Å². The Morgan fingerprint density at radius 2 is 1.97 bits per heavy atom. The van der Waals surface area contributed by atoms with Gasteiger partial charge in [0, 0.05) is 33.7 Å². The van der Waals surface area contributed by atoms with Crippen molar-refractivity contribution in [2.45, 2.75) is 13.3 Å². The SMILES string of the molecule is CCOC(=O)c1nn(-c2cc(Cl)cc(Cl)c2)c2c1CCOc1cc(OC)c(Br)cc1-2. The van der Waals surface area contributed by atoms with Crippen molar-refractivity contribution in [3.8, 4) is 28.4 Å². The van der Waals surface area contributed by atoms with E-state index in [1.165, 1.54) is 0 Å². The number of hydrogen-bond donors (Lipinski definition) is 0. The van der Waals surface area contributed by atoms with Crippen LogP contribution in [0.25, 0.3) is 16.9 Å². The molecule has 30 heavy (non-hydrogen) atoms. The zero-order chi connectivity index (χ0) is 21.4. The molecule has 0 bridgehead atoms. The Hall–Kier alpha value is -2.22. The lowest BCUT2D eigenvalue weighted by Crippen LogP contribution is -2.10. The van der Waals surface area contributed by atoms with Gasteiger partial charge in [0.25, 0.3) is 0 Å². The van der Waals surface area contributed by atoms with Crippen molar-refractivity contribution in [2.24, 2.45) is 0 Å². The Kier molecular flexibility index (Phi) is 5.95. The number of nitrogens with zero attached hydrogens (tertiary/aromatic N) is 2. The summed E-state index contributed by atoms with van der Waals surface area (Å²) in [6.45, 7) is 2.38. The van der Waals surface area contributed by atoms with E-state index in [1.54, 1.807) is 43.0 Å². The molecule has 0 unspecified atom stereocenters. The van der Waals surface area contributed by atoms with E-state index in [4.69, 9.17) is 37.4 Å². The molecule has 0 atom stereocenters. The van der Waals surface area contributed by atoms with Gasteiger partial charge in [-0.25, -0.2) is 9.48 Å². The quantitative estimate of drug-likeness (QED) is 0.418. The highest BCUT2D eigenvalue weighted by molar-refractivity contribution is 9.10. The second-order valence-electron chi connectivity index (χ2n) is 6.52. The van der Waals surface area contributed by atoms with Gasteiger partial charge in [-0.15, -0.1) is 0 Å². The first kappa shape index (κ1) is 21.0. The van der Waals surface area contributed by atoms with E-state index >= 15 is 0 Å². The summed E-state index contributed by atoms with van der Waals surface area (Å²) < 4.78 is 19.0. The molecule has 9 heteroatoms. The molecule has 4 rings (SSSR count). The van der Waals surface area contributed by atoms with Gasteiger partial charge in [-0.05, 0) is 47.1 Å². The Balaban J connectivity index is 2.03. The third-order valence-corrected chi connectivity index (χ3v) is 5.72. The molecular weight excluding hydrogens is 495 g/mol. The number of rotatable bonds is 4. The van der Waals surface area contributed by atoms with E-state index in [0.717, 1.165) is 15.6 Å². The second kappa shape index (κ2) is 8.49. The average molecular weight is 512 g/mol. The van der Waals surface area contributed by atoms with Gasteiger partial charge < -0.3 is 14.2 Å². The summed E-state index contributed by atoms with van der Waals surface area (Å²) in [5.41, 5.74) is 3.08. The summed E-state index contributed by atoms with van der Waals surface area (Å²) in [5.74, 6) is 0.773. The van der Waals surface area contributed by atoms with Crippen molar-refractivity contribution in [1.29, 1.82) is 0 Å². The number of halogens is 3. The van der Waals surface area contributed by atoms with Gasteiger partial charge in [-0.2, -0.15) is 5.10 Å². The highest BCUT2D eigenvalue weighted by atomic mass is 79.9. The molecular formula is C21H17BrCl2N2O4. The Morgan fingerprint density at radius 1 is 1.23 bits per heavy atom. The van der Waals surface area contributed by atoms with Gasteiger partial charge in [-0.3, -0.25) is 0 Å². The van der Waals surface area contributed by atoms with E-state index in [9.17, 15) is 4.79 Å². The van der Waals surface area contributed by atoms with E-state index in [1.807, 2.05) is 6.07 Å². The van der Waals surface area contributed by atoms with Crippen LogP contribution >= 0.6 is 39.1 Å². The Labute approximate surface area is 191 Å². The average Bonchev–Trinajstić information content (AvgIpc) is 2.98. The molecule has 1 aliphatic rings. The summed E-state index contributed by atoms with van der Waals surface area (Å²) in [6.07, 6.45) is 0.479. The predicted octanol–water partition coefficient (Wildman–Crippen LogP) is 5.73. The fourth-order valence-corrected chi connectivity index (χ4v) is 4.45. The number of methoxy groups -OCH3 is 1. The summed E-state index contributed by atoms with van der Waals surface area (Å²) in [5, 5.41) is 5.52. The molecule has 156 valence electrons. The topological polar surface area (TPSA) is 62.6 Å². The van der Waals surface area contributed by atoms with Crippen LogP contribution in [-0.4, -0.2) is 36.1 Å². The maximum absolute atomic E-state index is 12.7. The van der Waals surface area contributed by atoms with E-state index in [0.29, 0.717) is 46.0 Å². The standard InChI is InChI=1S/C21H17BrCl2N2O4/c1-3-29-21(27)19-14-4-5-30-17-10-18(28-2)16(22)9-15(17)20(14)26(25-19)13-7-11(23)6-12(24)8-13/h6-10H,3-5H2,1-2H3. The van der Waals surface area contributed by atoms with E-state index in [2.05, 4.69) is 21.0 Å². The third-order valence-electron chi connectivity index (χ3n) is 4.66. The minimum Gasteiger partial charge on any atom is -0.495 e. The van der Waals surface area contributed by atoms with Crippen LogP contribution in [0.2, 0.25) is 10.0 Å². The number of carbonyl (C=O) groups excluding carboxylic acids is 1. The molecule has 0 saturated heterocycles. The van der Waals surface area contributed by atoms with Gasteiger partial charge in [-0.1, -0.05) is 23.2 Å². The molecule has 0 aliphatic carbocycles. The number of ether oxygens (including phenoxy) is 3. The van der Waals surface area contributed by atoms with Crippen LogP contribution in [0.1, 0.15) is 23.0 Å². The van der Waals surface area contributed by atoms with Crippen LogP contribution in [0, 0.1) is 0 Å². The number of carbonyl (C=O) groups is 1. The fourth-order valence-electron chi connectivity index (χ4n) is 3.43. The van der Waals surface area contributed by atoms with Gasteiger partial charge >= 0.3 is 5.97 Å². The highest BCUT2D eigenvalue weighted by Crippen LogP contribution is 2.43. The number of aromatic nitrogens is 2. The summed E-state index contributed by atoms with van der Waals surface area (Å²) in [7, 11) is 1.59. The van der Waals surface area contributed by atoms with Gasteiger partial charge in [0.2, 0.25) is 0 Å². The molecule has 2 aromatic carbocycles. The molecule has 0 saturated carbocycles. The smallest absolute Gasteiger partial charge is 0.359 e. The van der Waals surface area contributed by atoms with E-state index in [-0.39, 0.29) is 12.3 Å². The van der Waals surface area contributed by atoms with Crippen molar-refractivity contribution in [3.63, 3.8) is 0 Å². The van der Waals surface area contributed by atoms with Crippen LogP contribution < -0.4 is 9.47 Å². The molecule has 3 aromatic rings. The highest BCUT2D eigenvalue weighted by Gasteiger charge is 2.30. The van der Waals surface area contributed by atoms with Crippen molar-refractivity contribution in [1.82, 2.24) is 9.78 Å². The summed E-state index contributed by atoms with van der Waals surface area (Å²) in [4.78, 5) is 12.7. The molecule has 1 aromatic heterocycles. The molecule has 0 N–H and O–H groups in total. The zero-order valence-corrected chi connectivity index (χ0v) is 19.3. The van der Waals surface area contributed by atoms with E-state index < -0.39 is 5.97 Å². The Morgan fingerprint density at radius 3 is 2.63 bits per heavy atom. The summed E-state index contributed by atoms with van der Waals surface area (Å²) in [6, 6.07) is 8.80. The molecule has 6 nitrogen and oxygen atoms in total. The predicted molar refractivity (Wildman–Crippen MR) is 118 cm³/mol. The third kappa shape index (κ3) is 3.77. The maximum atomic E-state index is 12.7. The number of esters is 1. The van der Waals surface area contributed by atoms with Gasteiger partial charge in [0.1, 0.15) is 11.5 Å². The first-order valence-corrected chi connectivity index (χ1v) is 10.7. The fraction of sp³-hybridized carbons (Fsp3) is 0.238. The van der Waals surface area contributed by atoms with Gasteiger partial charge in [0.05, 0.1) is 36.2 Å². The lowest BCUT2D eigenvalue weighted by atomic mass is 10.0. The number of hydrogen-bond acceptors (Lipinski definition) is 5. The zero-order valence-electron chi connectivity index (χ0n) is 16.2. The van der Waals surface area contributed by atoms with Crippen LogP contribution in [0.5, 0.6) is 11.5 Å². The monoisotopic (exact) mass is 510 g/mol. The van der Waals surface area contributed by atoms with Crippen LogP contribution in [0.15, 0.2) is 34.8 Å². The largest absolute Gasteiger partial charge is 0.495 e. The van der Waals surface area contributed by atoms with Gasteiger partial charge in [0.15, 0.2) is 5.69 Å². The lowest BCUT2D eigenvalue weighted by molar-refractivity contribution is 0.0517. The minimum atomic E-state index is -0.489. The van der Waals surface area contributed by atoms with Crippen molar-refractivity contribution < 1.29 is 19.0 Å². The molecule has 0 fully saturated rings. The second-order valence-corrected chi connectivity index (χ2v) is 8.24. The minimum absolute atomic E-state index is 0.242. The van der Waals surface area contributed by atoms with Crippen molar-refractivity contribution >= 4 is 45.1 Å². The van der Waals surface area contributed by atoms with Crippen molar-refractivity contribution in [2.75, 3.05) is 20.3 Å². The Bertz CT molecular complexity index is 1130. The molecule has 1 aliphatic heterocycles. The molecule has 0 spiro atoms. The molecule has 2 heterocycles. The maximum Gasteiger partial charge on any atom is 0.359 e. The summed E-state index contributed by atoms with van der Waals surface area (Å²) >= 11 is 16.0. The lowest BCUT2D eigenvalue weighted by Gasteiger charge is -2.14. The normalized spacial score (nSPS) is 12.4. The first-order chi connectivity index (χ1) is 14.4.